The molecule has 112 valence electrons. The van der Waals surface area contributed by atoms with Crippen LogP contribution in [-0.2, 0) is 0 Å². The number of hydrogen-bond acceptors (Lipinski definition) is 5. The summed E-state index contributed by atoms with van der Waals surface area (Å²) >= 11 is 0. The van der Waals surface area contributed by atoms with Crippen molar-refractivity contribution >= 4 is 11.6 Å². The fraction of sp³-hybridized carbons (Fsp3) is 0.733. The van der Waals surface area contributed by atoms with E-state index in [0.29, 0.717) is 5.92 Å². The highest BCUT2D eigenvalue weighted by atomic mass is 16.3. The second kappa shape index (κ2) is 5.95. The van der Waals surface area contributed by atoms with E-state index in [0.717, 1.165) is 36.0 Å². The van der Waals surface area contributed by atoms with Crippen LogP contribution in [0.15, 0.2) is 0 Å². The van der Waals surface area contributed by atoms with Gasteiger partial charge in [-0.05, 0) is 40.0 Å². The maximum Gasteiger partial charge on any atom is 0.136 e. The number of aromatic nitrogens is 2. The Kier molecular flexibility index (Phi) is 4.48. The fourth-order valence-electron chi connectivity index (χ4n) is 1.96. The first-order valence-corrected chi connectivity index (χ1v) is 7.48. The van der Waals surface area contributed by atoms with Gasteiger partial charge in [-0.3, -0.25) is 0 Å². The van der Waals surface area contributed by atoms with Crippen molar-refractivity contribution in [3.63, 3.8) is 0 Å². The number of aliphatic hydroxyl groups excluding tert-OH is 1. The van der Waals surface area contributed by atoms with Gasteiger partial charge in [-0.25, -0.2) is 9.97 Å². The van der Waals surface area contributed by atoms with Gasteiger partial charge >= 0.3 is 0 Å². The predicted molar refractivity (Wildman–Crippen MR) is 82.3 cm³/mol. The zero-order chi connectivity index (χ0) is 14.8. The van der Waals surface area contributed by atoms with Crippen molar-refractivity contribution in [1.82, 2.24) is 9.97 Å². The van der Waals surface area contributed by atoms with Gasteiger partial charge in [0.2, 0.25) is 0 Å². The summed E-state index contributed by atoms with van der Waals surface area (Å²) in [5, 5.41) is 16.1. The molecule has 3 N–H and O–H groups in total. The topological polar surface area (TPSA) is 70.1 Å². The molecule has 20 heavy (non-hydrogen) atoms. The van der Waals surface area contributed by atoms with E-state index in [9.17, 15) is 5.11 Å². The van der Waals surface area contributed by atoms with Gasteiger partial charge in [0.05, 0.1) is 12.1 Å². The summed E-state index contributed by atoms with van der Waals surface area (Å²) in [6.07, 6.45) is 3.42. The van der Waals surface area contributed by atoms with E-state index in [1.54, 1.807) is 0 Å². The monoisotopic (exact) mass is 278 g/mol. The summed E-state index contributed by atoms with van der Waals surface area (Å²) in [5.41, 5.74) is 0.631. The highest BCUT2D eigenvalue weighted by molar-refractivity contribution is 5.58. The third-order valence-corrected chi connectivity index (χ3v) is 3.50. The van der Waals surface area contributed by atoms with Gasteiger partial charge in [0, 0.05) is 18.0 Å². The molecule has 1 aromatic heterocycles. The van der Waals surface area contributed by atoms with Crippen LogP contribution in [0.2, 0.25) is 0 Å². The molecule has 1 aromatic rings. The van der Waals surface area contributed by atoms with E-state index < -0.39 is 0 Å². The van der Waals surface area contributed by atoms with Crippen LogP contribution in [0.3, 0.4) is 0 Å². The highest BCUT2D eigenvalue weighted by Gasteiger charge is 2.29. The van der Waals surface area contributed by atoms with Crippen LogP contribution in [0, 0.1) is 6.92 Å². The Balaban J connectivity index is 2.30. The van der Waals surface area contributed by atoms with Gasteiger partial charge in [-0.2, -0.15) is 0 Å². The Morgan fingerprint density at radius 2 is 1.90 bits per heavy atom. The van der Waals surface area contributed by atoms with Crippen molar-refractivity contribution in [2.75, 3.05) is 23.8 Å². The molecule has 1 fully saturated rings. The molecule has 1 aliphatic carbocycles. The number of hydrogen-bond donors (Lipinski definition) is 3. The summed E-state index contributed by atoms with van der Waals surface area (Å²) in [4.78, 5) is 9.33. The molecule has 0 saturated heterocycles. The zero-order valence-electron chi connectivity index (χ0n) is 13.0. The molecule has 2 rings (SSSR count). The molecule has 5 heteroatoms. The maximum atomic E-state index is 9.43. The minimum atomic E-state index is -0.387. The number of nitrogens with zero attached hydrogens (tertiary/aromatic N) is 2. The molecule has 0 atom stereocenters. The standard InChI is InChI=1S/C15H26N4O/c1-5-8-16-12-10(2)13(19-15(3,4)9-20)18-14(17-12)11-6-7-11/h11,20H,5-9H2,1-4H3,(H2,16,17,18,19). The van der Waals surface area contributed by atoms with Crippen LogP contribution in [-0.4, -0.2) is 33.8 Å². The van der Waals surface area contributed by atoms with Crippen LogP contribution in [0.25, 0.3) is 0 Å². The van der Waals surface area contributed by atoms with Crippen LogP contribution < -0.4 is 10.6 Å². The SMILES string of the molecule is CCCNc1nc(C2CC2)nc(NC(C)(C)CO)c1C. The molecular weight excluding hydrogens is 252 g/mol. The second-order valence-corrected chi connectivity index (χ2v) is 6.27. The molecule has 0 unspecified atom stereocenters. The van der Waals surface area contributed by atoms with Crippen molar-refractivity contribution in [2.45, 2.75) is 58.4 Å². The molecular formula is C15H26N4O. The molecule has 1 aliphatic rings. The first kappa shape index (κ1) is 15.0. The lowest BCUT2D eigenvalue weighted by molar-refractivity contribution is 0.234. The maximum absolute atomic E-state index is 9.43. The lowest BCUT2D eigenvalue weighted by atomic mass is 10.1. The lowest BCUT2D eigenvalue weighted by Crippen LogP contribution is -2.36. The minimum absolute atomic E-state index is 0.0624. The first-order chi connectivity index (χ1) is 9.46. The Bertz CT molecular complexity index is 469. The third kappa shape index (κ3) is 3.60. The molecule has 5 nitrogen and oxygen atoms in total. The summed E-state index contributed by atoms with van der Waals surface area (Å²) in [6.45, 7) is 9.05. The molecule has 0 bridgehead atoms. The quantitative estimate of drug-likeness (QED) is 0.715. The Morgan fingerprint density at radius 1 is 1.25 bits per heavy atom. The van der Waals surface area contributed by atoms with Crippen molar-refractivity contribution in [1.29, 1.82) is 0 Å². The van der Waals surface area contributed by atoms with E-state index >= 15 is 0 Å². The van der Waals surface area contributed by atoms with E-state index in [1.807, 2.05) is 20.8 Å². The van der Waals surface area contributed by atoms with Crippen LogP contribution >= 0.6 is 0 Å². The largest absolute Gasteiger partial charge is 0.394 e. The van der Waals surface area contributed by atoms with Gasteiger partial charge < -0.3 is 15.7 Å². The smallest absolute Gasteiger partial charge is 0.136 e. The third-order valence-electron chi connectivity index (χ3n) is 3.50. The second-order valence-electron chi connectivity index (χ2n) is 6.27. The minimum Gasteiger partial charge on any atom is -0.394 e. The molecule has 0 aromatic carbocycles. The van der Waals surface area contributed by atoms with Gasteiger partial charge in [0.25, 0.3) is 0 Å². The van der Waals surface area contributed by atoms with Gasteiger partial charge in [-0.1, -0.05) is 6.92 Å². The number of anilines is 2. The van der Waals surface area contributed by atoms with Crippen molar-refractivity contribution in [3.8, 4) is 0 Å². The van der Waals surface area contributed by atoms with E-state index in [2.05, 4.69) is 27.5 Å². The lowest BCUT2D eigenvalue weighted by Gasteiger charge is -2.26. The van der Waals surface area contributed by atoms with Crippen LogP contribution in [0.1, 0.15) is 57.3 Å². The van der Waals surface area contributed by atoms with E-state index in [-0.39, 0.29) is 12.1 Å². The van der Waals surface area contributed by atoms with Crippen molar-refractivity contribution < 1.29 is 5.11 Å². The molecule has 0 amide bonds. The first-order valence-electron chi connectivity index (χ1n) is 7.48. The number of rotatable bonds is 7. The Labute approximate surface area is 121 Å². The molecule has 1 saturated carbocycles. The average Bonchev–Trinajstić information content (AvgIpc) is 3.24. The van der Waals surface area contributed by atoms with Gasteiger partial charge in [0.15, 0.2) is 0 Å². The van der Waals surface area contributed by atoms with Crippen LogP contribution in [0.5, 0.6) is 0 Å². The zero-order valence-corrected chi connectivity index (χ0v) is 13.0. The van der Waals surface area contributed by atoms with Crippen molar-refractivity contribution in [3.05, 3.63) is 11.4 Å². The van der Waals surface area contributed by atoms with Gasteiger partial charge in [-0.15, -0.1) is 0 Å². The summed E-state index contributed by atoms with van der Waals surface area (Å²) < 4.78 is 0. The van der Waals surface area contributed by atoms with E-state index in [1.165, 1.54) is 12.8 Å². The predicted octanol–water partition coefficient (Wildman–Crippen LogP) is 2.67. The number of aliphatic hydroxyl groups is 1. The molecule has 1 heterocycles. The Hall–Kier alpha value is -1.36. The average molecular weight is 278 g/mol. The molecule has 0 radical (unpaired) electrons. The molecule has 0 spiro atoms. The van der Waals surface area contributed by atoms with E-state index in [4.69, 9.17) is 0 Å². The summed E-state index contributed by atoms with van der Waals surface area (Å²) in [6, 6.07) is 0. The highest BCUT2D eigenvalue weighted by Crippen LogP contribution is 2.39. The summed E-state index contributed by atoms with van der Waals surface area (Å²) in [5.74, 6) is 3.18. The normalized spacial score (nSPS) is 15.2. The summed E-state index contributed by atoms with van der Waals surface area (Å²) in [7, 11) is 0. The molecule has 0 aliphatic heterocycles. The Morgan fingerprint density at radius 3 is 2.45 bits per heavy atom. The number of nitrogens with one attached hydrogen (secondary N) is 2. The van der Waals surface area contributed by atoms with Crippen molar-refractivity contribution in [2.24, 2.45) is 0 Å². The van der Waals surface area contributed by atoms with Crippen LogP contribution in [0.4, 0.5) is 11.6 Å². The van der Waals surface area contributed by atoms with Gasteiger partial charge in [0.1, 0.15) is 17.5 Å². The fourth-order valence-corrected chi connectivity index (χ4v) is 1.96.